The highest BCUT2D eigenvalue weighted by Crippen LogP contribution is 2.29. The van der Waals surface area contributed by atoms with E-state index in [-0.39, 0.29) is 0 Å². The molecule has 14 heavy (non-hydrogen) atoms. The molecule has 0 aromatic heterocycles. The van der Waals surface area contributed by atoms with E-state index in [1.807, 2.05) is 32.0 Å². The highest BCUT2D eigenvalue weighted by Gasteiger charge is 2.33. The Labute approximate surface area is 84.0 Å². The van der Waals surface area contributed by atoms with Gasteiger partial charge >= 0.3 is 13.6 Å². The van der Waals surface area contributed by atoms with Crippen molar-refractivity contribution in [3.63, 3.8) is 0 Å². The first kappa shape index (κ1) is 11.0. The SMILES string of the molecule is CO[P+](=O)C(=O)c1c(C)cccc1C. The summed E-state index contributed by atoms with van der Waals surface area (Å²) < 4.78 is 15.7. The third-order valence-corrected chi connectivity index (χ3v) is 2.91. The Morgan fingerprint density at radius 1 is 1.29 bits per heavy atom. The van der Waals surface area contributed by atoms with Crippen molar-refractivity contribution in [1.29, 1.82) is 0 Å². The van der Waals surface area contributed by atoms with Gasteiger partial charge in [0.2, 0.25) is 0 Å². The quantitative estimate of drug-likeness (QED) is 0.722. The molecule has 0 aliphatic rings. The van der Waals surface area contributed by atoms with Gasteiger partial charge in [0.25, 0.3) is 0 Å². The van der Waals surface area contributed by atoms with Crippen LogP contribution < -0.4 is 0 Å². The normalized spacial score (nSPS) is 11.2. The Morgan fingerprint density at radius 3 is 2.21 bits per heavy atom. The zero-order valence-electron chi connectivity index (χ0n) is 8.40. The van der Waals surface area contributed by atoms with Crippen LogP contribution in [-0.4, -0.2) is 12.6 Å². The average Bonchev–Trinajstić information content (AvgIpc) is 2.16. The first-order valence-corrected chi connectivity index (χ1v) is 5.37. The number of carbonyl (C=O) groups excluding carboxylic acids is 1. The van der Waals surface area contributed by atoms with Gasteiger partial charge in [-0.05, 0) is 29.5 Å². The molecule has 1 unspecified atom stereocenters. The molecule has 0 N–H and O–H groups in total. The van der Waals surface area contributed by atoms with Gasteiger partial charge in [0, 0.05) is 0 Å². The Kier molecular flexibility index (Phi) is 3.50. The molecule has 0 aliphatic heterocycles. The molecule has 1 atom stereocenters. The summed E-state index contributed by atoms with van der Waals surface area (Å²) in [5, 5.41) is 0. The highest BCUT2D eigenvalue weighted by molar-refractivity contribution is 7.60. The van der Waals surface area contributed by atoms with Crippen LogP contribution in [0, 0.1) is 13.8 Å². The van der Waals surface area contributed by atoms with E-state index in [9.17, 15) is 9.36 Å². The second-order valence-electron chi connectivity index (χ2n) is 3.01. The number of rotatable bonds is 3. The van der Waals surface area contributed by atoms with Crippen molar-refractivity contribution in [2.75, 3.05) is 7.11 Å². The fourth-order valence-corrected chi connectivity index (χ4v) is 2.03. The number of aryl methyl sites for hydroxylation is 2. The van der Waals surface area contributed by atoms with E-state index in [4.69, 9.17) is 0 Å². The second kappa shape index (κ2) is 4.45. The molecule has 0 aliphatic carbocycles. The van der Waals surface area contributed by atoms with Crippen LogP contribution in [0.5, 0.6) is 0 Å². The Bertz CT molecular complexity index is 365. The van der Waals surface area contributed by atoms with E-state index in [0.717, 1.165) is 11.1 Å². The molecule has 0 radical (unpaired) electrons. The summed E-state index contributed by atoms with van der Waals surface area (Å²) in [5.74, 6) is 0. The van der Waals surface area contributed by atoms with Crippen molar-refractivity contribution >= 4 is 13.6 Å². The molecule has 0 fully saturated rings. The lowest BCUT2D eigenvalue weighted by Gasteiger charge is -2.00. The van der Waals surface area contributed by atoms with Crippen LogP contribution in [0.1, 0.15) is 21.5 Å². The minimum atomic E-state index is -2.24. The summed E-state index contributed by atoms with van der Waals surface area (Å²) in [7, 11) is -0.969. The van der Waals surface area contributed by atoms with Crippen molar-refractivity contribution in [1.82, 2.24) is 0 Å². The van der Waals surface area contributed by atoms with Gasteiger partial charge in [0.15, 0.2) is 0 Å². The predicted octanol–water partition coefficient (Wildman–Crippen LogP) is 2.83. The number of hydrogen-bond acceptors (Lipinski definition) is 3. The maximum Gasteiger partial charge on any atom is 0.592 e. The van der Waals surface area contributed by atoms with Crippen LogP contribution >= 0.6 is 8.03 Å². The maximum atomic E-state index is 11.6. The predicted molar refractivity (Wildman–Crippen MR) is 54.9 cm³/mol. The molecule has 74 valence electrons. The van der Waals surface area contributed by atoms with Gasteiger partial charge < -0.3 is 0 Å². The minimum absolute atomic E-state index is 0.432. The van der Waals surface area contributed by atoms with E-state index in [1.165, 1.54) is 7.11 Å². The van der Waals surface area contributed by atoms with Crippen LogP contribution in [0.25, 0.3) is 0 Å². The van der Waals surface area contributed by atoms with Gasteiger partial charge in [-0.25, -0.2) is 4.79 Å². The number of benzene rings is 1. The Hall–Kier alpha value is -1.05. The molecule has 0 heterocycles. The van der Waals surface area contributed by atoms with Gasteiger partial charge in [-0.3, -0.25) is 0 Å². The fourth-order valence-electron chi connectivity index (χ4n) is 1.33. The van der Waals surface area contributed by atoms with E-state index in [0.29, 0.717) is 5.56 Å². The van der Waals surface area contributed by atoms with Gasteiger partial charge in [0.1, 0.15) is 0 Å². The van der Waals surface area contributed by atoms with Crippen molar-refractivity contribution in [2.24, 2.45) is 0 Å². The van der Waals surface area contributed by atoms with E-state index in [1.54, 1.807) is 0 Å². The molecule has 0 amide bonds. The molecule has 1 aromatic carbocycles. The van der Waals surface area contributed by atoms with Crippen LogP contribution in [0.2, 0.25) is 0 Å². The van der Waals surface area contributed by atoms with E-state index >= 15 is 0 Å². The smallest absolute Gasteiger partial charge is 0.231 e. The third-order valence-electron chi connectivity index (χ3n) is 2.03. The van der Waals surface area contributed by atoms with Gasteiger partial charge in [0.05, 0.1) is 12.7 Å². The van der Waals surface area contributed by atoms with E-state index < -0.39 is 13.6 Å². The van der Waals surface area contributed by atoms with Crippen LogP contribution in [0.15, 0.2) is 18.2 Å². The Morgan fingerprint density at radius 2 is 1.79 bits per heavy atom. The molecule has 0 bridgehead atoms. The molecule has 4 heteroatoms. The first-order chi connectivity index (χ1) is 6.57. The molecule has 0 spiro atoms. The zero-order valence-corrected chi connectivity index (χ0v) is 9.30. The molecule has 0 saturated heterocycles. The summed E-state index contributed by atoms with van der Waals surface area (Å²) in [4.78, 5) is 11.6. The average molecular weight is 211 g/mol. The lowest BCUT2D eigenvalue weighted by Crippen LogP contribution is -2.00. The van der Waals surface area contributed by atoms with Crippen molar-refractivity contribution < 1.29 is 13.9 Å². The minimum Gasteiger partial charge on any atom is -0.231 e. The van der Waals surface area contributed by atoms with E-state index in [2.05, 4.69) is 4.52 Å². The summed E-state index contributed by atoms with van der Waals surface area (Å²) in [6, 6.07) is 5.50. The number of hydrogen-bond donors (Lipinski definition) is 0. The van der Waals surface area contributed by atoms with Crippen LogP contribution in [0.4, 0.5) is 0 Å². The summed E-state index contributed by atoms with van der Waals surface area (Å²) >= 11 is 0. The molecule has 1 aromatic rings. The summed E-state index contributed by atoms with van der Waals surface area (Å²) in [5.41, 5.74) is 1.74. The standard InChI is InChI=1S/C10H12O3P/c1-7-5-4-6-8(2)9(7)10(11)14(12)13-3/h4-6H,1-3H3/q+1. The van der Waals surface area contributed by atoms with Crippen LogP contribution in [-0.2, 0) is 9.09 Å². The third kappa shape index (κ3) is 2.06. The molecular weight excluding hydrogens is 199 g/mol. The lowest BCUT2D eigenvalue weighted by molar-refractivity contribution is 0.106. The van der Waals surface area contributed by atoms with Gasteiger partial charge in [-0.1, -0.05) is 18.2 Å². The van der Waals surface area contributed by atoms with Gasteiger partial charge in [-0.15, -0.1) is 4.52 Å². The zero-order chi connectivity index (χ0) is 10.7. The largest absolute Gasteiger partial charge is 0.592 e. The topological polar surface area (TPSA) is 43.4 Å². The van der Waals surface area contributed by atoms with Gasteiger partial charge in [-0.2, -0.15) is 0 Å². The maximum absolute atomic E-state index is 11.6. The van der Waals surface area contributed by atoms with Crippen molar-refractivity contribution in [3.8, 4) is 0 Å². The molecule has 1 rings (SSSR count). The van der Waals surface area contributed by atoms with Crippen molar-refractivity contribution in [3.05, 3.63) is 34.9 Å². The van der Waals surface area contributed by atoms with Crippen LogP contribution in [0.3, 0.4) is 0 Å². The summed E-state index contributed by atoms with van der Waals surface area (Å²) in [6.45, 7) is 3.64. The Balaban J connectivity index is 3.19. The van der Waals surface area contributed by atoms with Crippen molar-refractivity contribution in [2.45, 2.75) is 13.8 Å². The molecular formula is C10H12O3P+. The molecule has 3 nitrogen and oxygen atoms in total. The molecule has 0 saturated carbocycles. The first-order valence-electron chi connectivity index (χ1n) is 4.20. The summed E-state index contributed by atoms with van der Waals surface area (Å²) in [6.07, 6.45) is 0. The lowest BCUT2D eigenvalue weighted by atomic mass is 10.0. The second-order valence-corrected chi connectivity index (χ2v) is 4.30. The monoisotopic (exact) mass is 211 g/mol. The number of carbonyl (C=O) groups is 1. The fraction of sp³-hybridized carbons (Fsp3) is 0.300. The highest BCUT2D eigenvalue weighted by atomic mass is 31.1.